The molecule has 0 unspecified atom stereocenters. The average Bonchev–Trinajstić information content (AvgIpc) is 3.07. The molecule has 180 valence electrons. The first-order valence-corrected chi connectivity index (χ1v) is 13.0. The lowest BCUT2D eigenvalue weighted by Crippen LogP contribution is -2.27. The molecule has 5 nitrogen and oxygen atoms in total. The summed E-state index contributed by atoms with van der Waals surface area (Å²) < 4.78 is 12.5. The molecule has 0 N–H and O–H groups in total. The first-order chi connectivity index (χ1) is 16.8. The summed E-state index contributed by atoms with van der Waals surface area (Å²) in [5.41, 5.74) is 3.68. The summed E-state index contributed by atoms with van der Waals surface area (Å²) >= 11 is 10.5. The molecule has 1 fully saturated rings. The highest BCUT2D eigenvalue weighted by Gasteiger charge is 2.35. The van der Waals surface area contributed by atoms with Crippen LogP contribution in [0.3, 0.4) is 0 Å². The van der Waals surface area contributed by atoms with Crippen molar-refractivity contribution in [2.75, 3.05) is 6.61 Å². The second-order valence-corrected chi connectivity index (χ2v) is 10.2. The van der Waals surface area contributed by atoms with Gasteiger partial charge in [0.2, 0.25) is 0 Å². The van der Waals surface area contributed by atoms with E-state index in [1.807, 2.05) is 68.4 Å². The number of aryl methyl sites for hydroxylation is 1. The second-order valence-electron chi connectivity index (χ2n) is 7.94. The summed E-state index contributed by atoms with van der Waals surface area (Å²) in [7, 11) is 0. The lowest BCUT2D eigenvalue weighted by Gasteiger charge is -2.15. The molecule has 0 aromatic heterocycles. The smallest absolute Gasteiger partial charge is 0.293 e. The third-order valence-corrected chi connectivity index (χ3v) is 6.97. The van der Waals surface area contributed by atoms with E-state index in [1.54, 1.807) is 12.1 Å². The molecule has 1 aliphatic rings. The van der Waals surface area contributed by atoms with Crippen molar-refractivity contribution < 1.29 is 19.1 Å². The Balaban J connectivity index is 1.55. The Bertz CT molecular complexity index is 1290. The van der Waals surface area contributed by atoms with Gasteiger partial charge >= 0.3 is 0 Å². The van der Waals surface area contributed by atoms with Crippen LogP contribution in [0.15, 0.2) is 70.0 Å². The minimum absolute atomic E-state index is 0.245. The van der Waals surface area contributed by atoms with E-state index < -0.39 is 0 Å². The number of nitrogens with zero attached hydrogens (tertiary/aromatic N) is 1. The zero-order valence-corrected chi connectivity index (χ0v) is 22.4. The van der Waals surface area contributed by atoms with Crippen LogP contribution in [0.5, 0.6) is 11.5 Å². The van der Waals surface area contributed by atoms with Gasteiger partial charge in [-0.25, -0.2) is 0 Å². The van der Waals surface area contributed by atoms with Crippen molar-refractivity contribution in [3.8, 4) is 11.5 Å². The van der Waals surface area contributed by atoms with Gasteiger partial charge in [-0.15, -0.1) is 0 Å². The van der Waals surface area contributed by atoms with E-state index >= 15 is 0 Å². The van der Waals surface area contributed by atoms with Crippen LogP contribution >= 0.6 is 39.3 Å². The third-order valence-electron chi connectivity index (χ3n) is 5.22. The van der Waals surface area contributed by atoms with Gasteiger partial charge in [0.25, 0.3) is 11.1 Å². The largest absolute Gasteiger partial charge is 0.490 e. The Morgan fingerprint density at radius 1 is 1.03 bits per heavy atom. The van der Waals surface area contributed by atoms with Gasteiger partial charge in [0.05, 0.1) is 22.5 Å². The number of rotatable bonds is 8. The molecule has 0 atom stereocenters. The van der Waals surface area contributed by atoms with E-state index in [9.17, 15) is 9.59 Å². The topological polar surface area (TPSA) is 55.8 Å². The van der Waals surface area contributed by atoms with E-state index in [4.69, 9.17) is 21.1 Å². The molecule has 2 amide bonds. The molecule has 1 saturated heterocycles. The predicted octanol–water partition coefficient (Wildman–Crippen LogP) is 7.63. The molecule has 8 heteroatoms. The molecule has 0 saturated carbocycles. The molecule has 3 aromatic rings. The zero-order valence-electron chi connectivity index (χ0n) is 19.2. The molecule has 1 heterocycles. The Morgan fingerprint density at radius 3 is 2.51 bits per heavy atom. The van der Waals surface area contributed by atoms with Crippen LogP contribution in [-0.4, -0.2) is 22.7 Å². The van der Waals surface area contributed by atoms with Gasteiger partial charge in [0, 0.05) is 5.02 Å². The summed E-state index contributed by atoms with van der Waals surface area (Å²) in [6.07, 6.45) is 1.71. The summed E-state index contributed by atoms with van der Waals surface area (Å²) in [5.74, 6) is 0.797. The minimum Gasteiger partial charge on any atom is -0.490 e. The van der Waals surface area contributed by atoms with Gasteiger partial charge in [-0.05, 0) is 88.6 Å². The number of ether oxygens (including phenoxy) is 2. The standard InChI is InChI=1S/C27H23BrClNO4S/c1-3-33-23-13-20(12-22(28)25(23)34-16-18-7-9-21(29)10-8-18)14-24-26(31)30(27(32)35-24)15-19-6-4-5-17(2)11-19/h4-14H,3,15-16H2,1-2H3/b24-14+. The average molecular weight is 573 g/mol. The number of thioether (sulfide) groups is 1. The Labute approximate surface area is 222 Å². The highest BCUT2D eigenvalue weighted by Crippen LogP contribution is 2.40. The van der Waals surface area contributed by atoms with Crippen LogP contribution in [0.4, 0.5) is 4.79 Å². The molecule has 0 bridgehead atoms. The van der Waals surface area contributed by atoms with Gasteiger partial charge in [0.1, 0.15) is 6.61 Å². The molecule has 0 spiro atoms. The maximum atomic E-state index is 13.0. The number of carbonyl (C=O) groups excluding carboxylic acids is 2. The number of imide groups is 1. The van der Waals surface area contributed by atoms with Crippen LogP contribution in [0, 0.1) is 6.92 Å². The molecule has 3 aromatic carbocycles. The van der Waals surface area contributed by atoms with E-state index in [-0.39, 0.29) is 17.7 Å². The number of hydrogen-bond donors (Lipinski definition) is 0. The van der Waals surface area contributed by atoms with Crippen LogP contribution in [0.25, 0.3) is 6.08 Å². The summed E-state index contributed by atoms with van der Waals surface area (Å²) in [5, 5.41) is 0.382. The number of amides is 2. The number of hydrogen-bond acceptors (Lipinski definition) is 5. The fourth-order valence-electron chi connectivity index (χ4n) is 3.59. The quantitative estimate of drug-likeness (QED) is 0.260. The van der Waals surface area contributed by atoms with Gasteiger partial charge in [-0.2, -0.15) is 0 Å². The second kappa shape index (κ2) is 11.3. The fourth-order valence-corrected chi connectivity index (χ4v) is 5.13. The molecular formula is C27H23BrClNO4S. The normalized spacial score (nSPS) is 14.6. The summed E-state index contributed by atoms with van der Waals surface area (Å²) in [6.45, 7) is 4.90. The zero-order chi connectivity index (χ0) is 24.9. The van der Waals surface area contributed by atoms with Crippen molar-refractivity contribution in [3.63, 3.8) is 0 Å². The molecule has 0 aliphatic carbocycles. The van der Waals surface area contributed by atoms with Crippen molar-refractivity contribution in [3.05, 3.63) is 97.3 Å². The number of benzene rings is 3. The predicted molar refractivity (Wildman–Crippen MR) is 144 cm³/mol. The summed E-state index contributed by atoms with van der Waals surface area (Å²) in [6, 6.07) is 18.9. The first-order valence-electron chi connectivity index (χ1n) is 11.0. The van der Waals surface area contributed by atoms with Crippen molar-refractivity contribution in [1.82, 2.24) is 4.90 Å². The van der Waals surface area contributed by atoms with Crippen LogP contribution < -0.4 is 9.47 Å². The van der Waals surface area contributed by atoms with Gasteiger partial charge < -0.3 is 9.47 Å². The van der Waals surface area contributed by atoms with Crippen molar-refractivity contribution in [1.29, 1.82) is 0 Å². The van der Waals surface area contributed by atoms with Crippen molar-refractivity contribution in [2.24, 2.45) is 0 Å². The Morgan fingerprint density at radius 2 is 1.80 bits per heavy atom. The van der Waals surface area contributed by atoms with Crippen LogP contribution in [-0.2, 0) is 17.9 Å². The van der Waals surface area contributed by atoms with Gasteiger partial charge in [0.15, 0.2) is 11.5 Å². The van der Waals surface area contributed by atoms with Crippen molar-refractivity contribution >= 4 is 56.5 Å². The van der Waals surface area contributed by atoms with Gasteiger partial charge in [-0.1, -0.05) is 53.6 Å². The van der Waals surface area contributed by atoms with E-state index in [1.165, 1.54) is 4.90 Å². The van der Waals surface area contributed by atoms with Crippen LogP contribution in [0.1, 0.15) is 29.2 Å². The van der Waals surface area contributed by atoms with E-state index in [2.05, 4.69) is 15.9 Å². The van der Waals surface area contributed by atoms with E-state index in [0.29, 0.717) is 39.1 Å². The third kappa shape index (κ3) is 6.28. The minimum atomic E-state index is -0.307. The van der Waals surface area contributed by atoms with Crippen LogP contribution in [0.2, 0.25) is 5.02 Å². The maximum Gasteiger partial charge on any atom is 0.293 e. The number of carbonyl (C=O) groups is 2. The first kappa shape index (κ1) is 25.4. The Hall–Kier alpha value is -2.74. The lowest BCUT2D eigenvalue weighted by molar-refractivity contribution is -0.123. The molecule has 35 heavy (non-hydrogen) atoms. The highest BCUT2D eigenvalue weighted by molar-refractivity contribution is 9.10. The molecule has 0 radical (unpaired) electrons. The SMILES string of the molecule is CCOc1cc(/C=C2/SC(=O)N(Cc3cccc(C)c3)C2=O)cc(Br)c1OCc1ccc(Cl)cc1. The molecule has 1 aliphatic heterocycles. The van der Waals surface area contributed by atoms with Gasteiger partial charge in [-0.3, -0.25) is 14.5 Å². The molecular weight excluding hydrogens is 550 g/mol. The van der Waals surface area contributed by atoms with Crippen molar-refractivity contribution in [2.45, 2.75) is 27.0 Å². The fraction of sp³-hybridized carbons (Fsp3) is 0.185. The molecule has 4 rings (SSSR count). The Kier molecular flexibility index (Phi) is 8.21. The lowest BCUT2D eigenvalue weighted by atomic mass is 10.1. The van der Waals surface area contributed by atoms with E-state index in [0.717, 1.165) is 34.0 Å². The number of halogens is 2. The maximum absolute atomic E-state index is 13.0. The highest BCUT2D eigenvalue weighted by atomic mass is 79.9. The summed E-state index contributed by atoms with van der Waals surface area (Å²) in [4.78, 5) is 27.2. The monoisotopic (exact) mass is 571 g/mol.